The lowest BCUT2D eigenvalue weighted by Crippen LogP contribution is -2.28. The van der Waals surface area contributed by atoms with Gasteiger partial charge in [-0.1, -0.05) is 328 Å². The zero-order valence-corrected chi connectivity index (χ0v) is 58.0. The lowest BCUT2D eigenvalue weighted by Gasteiger charge is -2.35. The summed E-state index contributed by atoms with van der Waals surface area (Å²) >= 11 is 1.89. The summed E-state index contributed by atoms with van der Waals surface area (Å²) in [6.45, 7) is 2.32. The topological polar surface area (TPSA) is 77.3 Å². The Labute approximate surface area is 613 Å². The van der Waals surface area contributed by atoms with E-state index in [4.69, 9.17) is 29.9 Å². The summed E-state index contributed by atoms with van der Waals surface area (Å²) < 4.78 is 0. The van der Waals surface area contributed by atoms with Gasteiger partial charge in [0.1, 0.15) is 0 Å². The monoisotopic (exact) mass is 1350 g/mol. The number of nitrogens with zero attached hydrogens (tertiary/aromatic N) is 6. The highest BCUT2D eigenvalue weighted by molar-refractivity contribution is 7.19. The first kappa shape index (κ1) is 60.6. The molecule has 6 nitrogen and oxygen atoms in total. The van der Waals surface area contributed by atoms with E-state index in [1.165, 1.54) is 115 Å². The molecule has 0 amide bonds. The quantitative estimate of drug-likeness (QED) is 0.0896. The minimum atomic E-state index is -0.667. The minimum Gasteiger partial charge on any atom is -0.208 e. The molecule has 5 aliphatic carbocycles. The van der Waals surface area contributed by atoms with Crippen LogP contribution in [0.1, 0.15) is 62.6 Å². The molecule has 1 atom stereocenters. The van der Waals surface area contributed by atoms with E-state index in [0.717, 1.165) is 50.1 Å². The van der Waals surface area contributed by atoms with Crippen molar-refractivity contribution in [3.8, 4) is 123 Å². The molecule has 0 saturated heterocycles. The van der Waals surface area contributed by atoms with Gasteiger partial charge in [0.25, 0.3) is 0 Å². The second-order valence-corrected chi connectivity index (χ2v) is 28.9. The predicted molar refractivity (Wildman–Crippen MR) is 428 cm³/mol. The second-order valence-electron chi connectivity index (χ2n) is 27.9. The van der Waals surface area contributed by atoms with E-state index in [1.54, 1.807) is 0 Å². The van der Waals surface area contributed by atoms with E-state index in [2.05, 4.69) is 286 Å². The maximum absolute atomic E-state index is 5.24. The van der Waals surface area contributed by atoms with Crippen LogP contribution < -0.4 is 0 Å². The molecule has 0 fully saturated rings. The fraction of sp³-hybridized carbons (Fsp3) is 0.0408. The molecule has 2 spiro atoms. The van der Waals surface area contributed by atoms with Gasteiger partial charge < -0.3 is 0 Å². The Morgan fingerprint density at radius 1 is 0.267 bits per heavy atom. The molecular weight excluding hydrogens is 1290 g/mol. The average Bonchev–Trinajstić information content (AvgIpc) is 1.51. The Hall–Kier alpha value is -13.2. The van der Waals surface area contributed by atoms with Gasteiger partial charge in [0, 0.05) is 49.1 Å². The van der Waals surface area contributed by atoms with Crippen LogP contribution in [0.3, 0.4) is 0 Å². The Kier molecular flexibility index (Phi) is 13.8. The number of rotatable bonds is 12. The number of aromatic nitrogens is 6. The molecule has 0 bridgehead atoms. The third kappa shape index (κ3) is 9.41. The van der Waals surface area contributed by atoms with E-state index >= 15 is 0 Å². The highest BCUT2D eigenvalue weighted by Gasteiger charge is 2.56. The highest BCUT2D eigenvalue weighted by Crippen LogP contribution is 2.68. The molecule has 0 aliphatic heterocycles. The number of thiophene rings is 1. The Bertz CT molecular complexity index is 6170. The van der Waals surface area contributed by atoms with Crippen molar-refractivity contribution in [3.63, 3.8) is 0 Å². The van der Waals surface area contributed by atoms with Crippen LogP contribution in [-0.4, -0.2) is 29.9 Å². The Balaban J connectivity index is 0.684. The molecule has 21 rings (SSSR count). The predicted octanol–water partition coefficient (Wildman–Crippen LogP) is 23.7. The summed E-state index contributed by atoms with van der Waals surface area (Å²) in [5.41, 5.74) is 31.8. The third-order valence-corrected chi connectivity index (χ3v) is 23.4. The number of benzene rings is 13. The van der Waals surface area contributed by atoms with Gasteiger partial charge in [0.15, 0.2) is 34.9 Å². The average molecular weight is 1360 g/mol. The van der Waals surface area contributed by atoms with Crippen molar-refractivity contribution in [2.45, 2.75) is 17.8 Å². The molecule has 13 aromatic carbocycles. The zero-order chi connectivity index (χ0) is 69.3. The van der Waals surface area contributed by atoms with E-state index in [9.17, 15) is 0 Å². The molecule has 0 radical (unpaired) electrons. The van der Waals surface area contributed by atoms with Crippen LogP contribution in [0, 0.1) is 5.92 Å². The number of fused-ring (bicyclic) bond motifs is 17. The summed E-state index contributed by atoms with van der Waals surface area (Å²) in [7, 11) is 0. The van der Waals surface area contributed by atoms with Crippen LogP contribution >= 0.6 is 11.3 Å². The van der Waals surface area contributed by atoms with Gasteiger partial charge in [-0.05, 0) is 154 Å². The summed E-state index contributed by atoms with van der Waals surface area (Å²) in [6.07, 6.45) is 4.75. The summed E-state index contributed by atoms with van der Waals surface area (Å²) in [6, 6.07) is 123. The fourth-order valence-electron chi connectivity index (χ4n) is 17.5. The van der Waals surface area contributed by atoms with Gasteiger partial charge in [-0.3, -0.25) is 0 Å². The molecule has 1 unspecified atom stereocenters. The summed E-state index contributed by atoms with van der Waals surface area (Å²) in [5.74, 6) is 3.98. The van der Waals surface area contributed by atoms with Crippen LogP contribution in [-0.2, 0) is 10.8 Å². The normalized spacial score (nSPS) is 15.2. The largest absolute Gasteiger partial charge is 0.208 e. The van der Waals surface area contributed by atoms with Crippen molar-refractivity contribution in [1.29, 1.82) is 0 Å². The Morgan fingerprint density at radius 3 is 1.18 bits per heavy atom. The molecule has 490 valence electrons. The van der Waals surface area contributed by atoms with Crippen LogP contribution in [0.4, 0.5) is 0 Å². The maximum Gasteiger partial charge on any atom is 0.164 e. The summed E-state index contributed by atoms with van der Waals surface area (Å²) in [4.78, 5) is 33.5. The smallest absolute Gasteiger partial charge is 0.164 e. The number of hydrogen-bond donors (Lipinski definition) is 0. The third-order valence-electron chi connectivity index (χ3n) is 22.2. The molecule has 5 aliphatic rings. The number of allylic oxidation sites excluding steroid dienone is 6. The van der Waals surface area contributed by atoms with Crippen molar-refractivity contribution in [3.05, 3.63) is 413 Å². The first-order valence-electron chi connectivity index (χ1n) is 35.9. The fourth-order valence-corrected chi connectivity index (χ4v) is 18.8. The van der Waals surface area contributed by atoms with E-state index in [0.29, 0.717) is 34.9 Å². The molecule has 16 aromatic rings. The SMILES string of the molecule is C/C(=C(\C1=C(C2C=C2)c2ccccc2C12c1ccccc1-c1cc(-c3ccc(-c4cc5c(s4)-c4ccc(-c6nc(-c7ccccc7)nc(-c7ccccc7)n6)cc4C54c5ccccc5-c5ccccc54)cc3)ccc12)c1ccccc1)c1cccc(-c2nc(-c3ccccc3)nc(-c3ccccc3)n2)c1. The van der Waals surface area contributed by atoms with Crippen LogP contribution in [0.15, 0.2) is 357 Å². The lowest BCUT2D eigenvalue weighted by molar-refractivity contribution is 0.790. The van der Waals surface area contributed by atoms with Crippen LogP contribution in [0.2, 0.25) is 0 Å². The molecule has 3 aromatic heterocycles. The Morgan fingerprint density at radius 2 is 0.657 bits per heavy atom. The van der Waals surface area contributed by atoms with Crippen molar-refractivity contribution in [2.75, 3.05) is 0 Å². The van der Waals surface area contributed by atoms with Gasteiger partial charge in [-0.15, -0.1) is 11.3 Å². The van der Waals surface area contributed by atoms with Gasteiger partial charge >= 0.3 is 0 Å². The van der Waals surface area contributed by atoms with E-state index < -0.39 is 10.8 Å². The van der Waals surface area contributed by atoms with E-state index in [-0.39, 0.29) is 5.92 Å². The van der Waals surface area contributed by atoms with Gasteiger partial charge in [0.2, 0.25) is 0 Å². The molecule has 7 heteroatoms. The van der Waals surface area contributed by atoms with Gasteiger partial charge in [-0.2, -0.15) is 0 Å². The summed E-state index contributed by atoms with van der Waals surface area (Å²) in [5, 5.41) is 0. The minimum absolute atomic E-state index is 0.170. The number of hydrogen-bond acceptors (Lipinski definition) is 7. The molecule has 105 heavy (non-hydrogen) atoms. The lowest BCUT2D eigenvalue weighted by atomic mass is 9.65. The molecule has 0 N–H and O–H groups in total. The molecule has 3 heterocycles. The van der Waals surface area contributed by atoms with Crippen molar-refractivity contribution in [1.82, 2.24) is 29.9 Å². The van der Waals surface area contributed by atoms with Gasteiger partial charge in [0.05, 0.1) is 10.8 Å². The molecular formula is C98H62N6S. The van der Waals surface area contributed by atoms with Crippen LogP contribution in [0.25, 0.3) is 139 Å². The van der Waals surface area contributed by atoms with Gasteiger partial charge in [-0.25, -0.2) is 29.9 Å². The maximum atomic E-state index is 5.24. The first-order chi connectivity index (χ1) is 51.9. The highest BCUT2D eigenvalue weighted by atomic mass is 32.1. The standard InChI is InChI=1S/C98H62N6S/c1-60(69-36-25-37-71(56-69)95-101-91(65-28-9-3-10-29-65)99-92(102-95)66-30-11-4-12-31-66)87(63-26-7-2-8-27-63)89-88(64-50-51-64)76-41-20-24-45-82(76)98(89)81-44-23-19-40-75(81)78-57-70(53-55-83(78)98)61-46-48-62(49-47-61)86-59-85-90(105-86)77-54-52-72(58-84(77)97(85)79-42-21-17-38-73(79)74-39-18-22-43-80(74)97)96-103-93(67-32-13-5-14-33-67)100-94(104-96)68-34-15-6-16-35-68/h2-59,64H,1H3/b87-60+. The zero-order valence-electron chi connectivity index (χ0n) is 57.2. The first-order valence-corrected chi connectivity index (χ1v) is 36.8. The van der Waals surface area contributed by atoms with Crippen molar-refractivity contribution < 1.29 is 0 Å². The van der Waals surface area contributed by atoms with Crippen LogP contribution in [0.5, 0.6) is 0 Å². The van der Waals surface area contributed by atoms with Crippen molar-refractivity contribution >= 4 is 28.1 Å². The molecule has 0 saturated carbocycles. The van der Waals surface area contributed by atoms with E-state index in [1.807, 2.05) is 84.1 Å². The second kappa shape index (κ2) is 24.0. The van der Waals surface area contributed by atoms with Crippen molar-refractivity contribution in [2.24, 2.45) is 5.92 Å².